The van der Waals surface area contributed by atoms with Crippen LogP contribution in [0.2, 0.25) is 0 Å². The Morgan fingerprint density at radius 2 is 1.79 bits per heavy atom. The Labute approximate surface area is 194 Å². The lowest BCUT2D eigenvalue weighted by Crippen LogP contribution is -2.45. The maximum atomic E-state index is 13.8. The highest BCUT2D eigenvalue weighted by molar-refractivity contribution is 7.89. The number of sulfonamides is 1. The largest absolute Gasteiger partial charge is 0.495 e. The van der Waals surface area contributed by atoms with Crippen molar-refractivity contribution in [3.63, 3.8) is 0 Å². The zero-order valence-corrected chi connectivity index (χ0v) is 19.8. The van der Waals surface area contributed by atoms with E-state index in [1.807, 2.05) is 6.92 Å². The van der Waals surface area contributed by atoms with E-state index in [2.05, 4.69) is 5.32 Å². The van der Waals surface area contributed by atoms with E-state index in [1.165, 1.54) is 11.4 Å². The summed E-state index contributed by atoms with van der Waals surface area (Å²) in [6.45, 7) is 2.47. The van der Waals surface area contributed by atoms with Crippen molar-refractivity contribution in [2.24, 2.45) is 0 Å². The predicted molar refractivity (Wildman–Crippen MR) is 125 cm³/mol. The lowest BCUT2D eigenvalue weighted by Gasteiger charge is -2.33. The number of rotatable bonds is 7. The molecule has 1 aliphatic heterocycles. The minimum atomic E-state index is -3.96. The Morgan fingerprint density at radius 3 is 2.52 bits per heavy atom. The van der Waals surface area contributed by atoms with Gasteiger partial charge < -0.3 is 19.5 Å². The van der Waals surface area contributed by atoms with Gasteiger partial charge in [0.05, 0.1) is 13.7 Å². The van der Waals surface area contributed by atoms with Crippen LogP contribution in [0.3, 0.4) is 0 Å². The first kappa shape index (κ1) is 23.4. The zero-order valence-electron chi connectivity index (χ0n) is 19.0. The Kier molecular flexibility index (Phi) is 7.09. The molecule has 0 unspecified atom stereocenters. The van der Waals surface area contributed by atoms with Crippen LogP contribution < -0.4 is 19.5 Å². The molecular formula is C24H30N2O6S. The van der Waals surface area contributed by atoms with Crippen LogP contribution >= 0.6 is 0 Å². The van der Waals surface area contributed by atoms with E-state index in [0.29, 0.717) is 30.4 Å². The number of hydrogen-bond acceptors (Lipinski definition) is 6. The maximum Gasteiger partial charge on any atom is 0.247 e. The Bertz CT molecular complexity index is 1110. The van der Waals surface area contributed by atoms with Crippen LogP contribution in [0.5, 0.6) is 17.2 Å². The quantitative estimate of drug-likeness (QED) is 0.657. The van der Waals surface area contributed by atoms with Crippen molar-refractivity contribution in [2.45, 2.75) is 50.0 Å². The summed E-state index contributed by atoms with van der Waals surface area (Å²) in [6, 6.07) is 9.96. The fourth-order valence-electron chi connectivity index (χ4n) is 4.35. The number of carbonyl (C=O) groups excluding carboxylic acids is 1. The molecule has 1 N–H and O–H groups in total. The summed E-state index contributed by atoms with van der Waals surface area (Å²) in [6.07, 6.45) is 4.40. The number of anilines is 1. The van der Waals surface area contributed by atoms with Crippen molar-refractivity contribution in [3.8, 4) is 17.2 Å². The van der Waals surface area contributed by atoms with Gasteiger partial charge >= 0.3 is 0 Å². The highest BCUT2D eigenvalue weighted by atomic mass is 32.2. The molecule has 1 saturated carbocycles. The number of fused-ring (bicyclic) bond motifs is 1. The average Bonchev–Trinajstić information content (AvgIpc) is 2.83. The first-order chi connectivity index (χ1) is 15.9. The molecule has 0 atom stereocenters. The minimum Gasteiger partial charge on any atom is -0.495 e. The van der Waals surface area contributed by atoms with Gasteiger partial charge in [0.15, 0.2) is 11.5 Å². The number of hydrogen-bond donors (Lipinski definition) is 1. The molecular weight excluding hydrogens is 444 g/mol. The highest BCUT2D eigenvalue weighted by Gasteiger charge is 2.36. The molecule has 2 aromatic rings. The number of amides is 1. The lowest BCUT2D eigenvalue weighted by atomic mass is 9.95. The molecule has 0 aromatic heterocycles. The third-order valence-corrected chi connectivity index (χ3v) is 7.93. The normalized spacial score (nSPS) is 16.5. The Hall–Kier alpha value is -2.78. The maximum absolute atomic E-state index is 13.8. The fraction of sp³-hybridized carbons (Fsp3) is 0.458. The molecule has 1 heterocycles. The second-order valence-corrected chi connectivity index (χ2v) is 10.3. The fourth-order valence-corrected chi connectivity index (χ4v) is 6.24. The van der Waals surface area contributed by atoms with E-state index in [9.17, 15) is 13.2 Å². The molecule has 1 amide bonds. The van der Waals surface area contributed by atoms with Crippen molar-refractivity contribution in [3.05, 3.63) is 42.0 Å². The third kappa shape index (κ3) is 5.25. The van der Waals surface area contributed by atoms with Crippen LogP contribution in [0.25, 0.3) is 0 Å². The summed E-state index contributed by atoms with van der Waals surface area (Å²) >= 11 is 0. The van der Waals surface area contributed by atoms with Gasteiger partial charge in [-0.3, -0.25) is 4.79 Å². The summed E-state index contributed by atoms with van der Waals surface area (Å²) in [5.74, 6) is 1.04. The molecule has 1 aliphatic carbocycles. The molecule has 0 radical (unpaired) electrons. The summed E-state index contributed by atoms with van der Waals surface area (Å²) in [7, 11) is -2.52. The Balaban J connectivity index is 1.60. The van der Waals surface area contributed by atoms with Crippen molar-refractivity contribution in [1.82, 2.24) is 4.31 Å². The van der Waals surface area contributed by atoms with E-state index in [4.69, 9.17) is 14.2 Å². The molecule has 8 nitrogen and oxygen atoms in total. The molecule has 2 aliphatic rings. The van der Waals surface area contributed by atoms with E-state index in [0.717, 1.165) is 37.7 Å². The first-order valence-corrected chi connectivity index (χ1v) is 12.7. The second kappa shape index (κ2) is 10.0. The van der Waals surface area contributed by atoms with Gasteiger partial charge in [-0.2, -0.15) is 4.31 Å². The molecule has 0 spiro atoms. The number of ether oxygens (including phenoxy) is 3. The van der Waals surface area contributed by atoms with Gasteiger partial charge in [0.1, 0.15) is 23.9 Å². The van der Waals surface area contributed by atoms with Gasteiger partial charge in [0.25, 0.3) is 0 Å². The lowest BCUT2D eigenvalue weighted by molar-refractivity contribution is -0.116. The Morgan fingerprint density at radius 1 is 1.06 bits per heavy atom. The number of benzene rings is 2. The van der Waals surface area contributed by atoms with E-state index in [1.54, 1.807) is 36.4 Å². The summed E-state index contributed by atoms with van der Waals surface area (Å²) in [5, 5.41) is 2.81. The van der Waals surface area contributed by atoms with Crippen molar-refractivity contribution in [2.75, 3.05) is 32.2 Å². The monoisotopic (exact) mass is 474 g/mol. The topological polar surface area (TPSA) is 94.2 Å². The van der Waals surface area contributed by atoms with Gasteiger partial charge in [-0.05, 0) is 49.6 Å². The third-order valence-electron chi connectivity index (χ3n) is 6.01. The van der Waals surface area contributed by atoms with E-state index < -0.39 is 15.9 Å². The van der Waals surface area contributed by atoms with E-state index in [-0.39, 0.29) is 23.2 Å². The van der Waals surface area contributed by atoms with Gasteiger partial charge in [-0.15, -0.1) is 0 Å². The molecule has 33 heavy (non-hydrogen) atoms. The number of methoxy groups -OCH3 is 1. The molecule has 178 valence electrons. The predicted octanol–water partition coefficient (Wildman–Crippen LogP) is 3.74. The first-order valence-electron chi connectivity index (χ1n) is 11.2. The molecule has 0 saturated heterocycles. The van der Waals surface area contributed by atoms with Crippen LogP contribution in [0.4, 0.5) is 5.69 Å². The molecule has 4 rings (SSSR count). The molecule has 9 heteroatoms. The average molecular weight is 475 g/mol. The zero-order chi connectivity index (χ0) is 23.4. The van der Waals surface area contributed by atoms with Crippen molar-refractivity contribution >= 4 is 21.6 Å². The minimum absolute atomic E-state index is 0.0858. The van der Waals surface area contributed by atoms with Crippen LogP contribution in [-0.4, -0.2) is 51.5 Å². The van der Waals surface area contributed by atoms with Gasteiger partial charge in [-0.1, -0.05) is 25.3 Å². The van der Waals surface area contributed by atoms with Crippen LogP contribution in [0.15, 0.2) is 41.3 Å². The van der Waals surface area contributed by atoms with Gasteiger partial charge in [0.2, 0.25) is 15.9 Å². The summed E-state index contributed by atoms with van der Waals surface area (Å²) < 4.78 is 45.3. The van der Waals surface area contributed by atoms with Gasteiger partial charge in [0, 0.05) is 17.8 Å². The smallest absolute Gasteiger partial charge is 0.247 e. The summed E-state index contributed by atoms with van der Waals surface area (Å²) in [5.41, 5.74) is 1.33. The highest BCUT2D eigenvalue weighted by Crippen LogP contribution is 2.34. The molecule has 1 fully saturated rings. The molecule has 0 bridgehead atoms. The van der Waals surface area contributed by atoms with Crippen LogP contribution in [0, 0.1) is 6.92 Å². The number of nitrogens with zero attached hydrogens (tertiary/aromatic N) is 1. The second-order valence-electron chi connectivity index (χ2n) is 8.40. The van der Waals surface area contributed by atoms with Crippen LogP contribution in [-0.2, 0) is 14.8 Å². The SMILES string of the molecule is COc1ccc(C)cc1S(=O)(=O)N(CC(=O)Nc1ccc2c(c1)OCCO2)C1CCCCC1. The van der Waals surface area contributed by atoms with Crippen molar-refractivity contribution < 1.29 is 27.4 Å². The number of aryl methyl sites for hydroxylation is 1. The van der Waals surface area contributed by atoms with Crippen LogP contribution in [0.1, 0.15) is 37.7 Å². The number of nitrogens with one attached hydrogen (secondary N) is 1. The van der Waals surface area contributed by atoms with E-state index >= 15 is 0 Å². The van der Waals surface area contributed by atoms with Crippen molar-refractivity contribution in [1.29, 1.82) is 0 Å². The summed E-state index contributed by atoms with van der Waals surface area (Å²) in [4.78, 5) is 13.1. The number of carbonyl (C=O) groups is 1. The standard InChI is InChI=1S/C24H30N2O6S/c1-17-8-10-21(30-2)23(14-17)33(28,29)26(19-6-4-3-5-7-19)16-24(27)25-18-9-11-20-22(15-18)32-13-12-31-20/h8-11,14-15,19H,3-7,12-13,16H2,1-2H3,(H,25,27). The molecule has 2 aromatic carbocycles. The van der Waals surface area contributed by atoms with Gasteiger partial charge in [-0.25, -0.2) is 8.42 Å².